The van der Waals surface area contributed by atoms with E-state index in [1.807, 2.05) is 18.2 Å². The van der Waals surface area contributed by atoms with Crippen molar-refractivity contribution in [2.24, 2.45) is 4.58 Å². The average molecular weight is 709 g/mol. The van der Waals surface area contributed by atoms with Crippen molar-refractivity contribution in [2.75, 3.05) is 26.1 Å². The topological polar surface area (TPSA) is 157 Å². The molecule has 3 aromatic rings. The number of benzene rings is 3. The summed E-state index contributed by atoms with van der Waals surface area (Å²) in [4.78, 5) is 72.9. The lowest BCUT2D eigenvalue weighted by Crippen LogP contribution is -2.45. The summed E-state index contributed by atoms with van der Waals surface area (Å²) < 4.78 is 12.1. The van der Waals surface area contributed by atoms with Gasteiger partial charge in [0.05, 0.1) is 32.8 Å². The first kappa shape index (κ1) is 39.0. The van der Waals surface area contributed by atoms with Crippen LogP contribution in [0.4, 0.5) is 0 Å². The molecule has 0 unspecified atom stereocenters. The van der Waals surface area contributed by atoms with E-state index in [0.717, 1.165) is 12.6 Å². The predicted molar refractivity (Wildman–Crippen MR) is 193 cm³/mol. The molecule has 0 radical (unpaired) electrons. The van der Waals surface area contributed by atoms with Crippen LogP contribution in [0.2, 0.25) is 0 Å². The first-order valence-electron chi connectivity index (χ1n) is 16.0. The van der Waals surface area contributed by atoms with Crippen LogP contribution >= 0.6 is 19.2 Å². The number of ketones is 1. The van der Waals surface area contributed by atoms with E-state index < -0.39 is 43.0 Å². The van der Waals surface area contributed by atoms with E-state index in [1.165, 1.54) is 30.1 Å². The number of hydrogen-bond donors (Lipinski definition) is 2. The molecule has 2 atom stereocenters. The molecule has 3 aromatic carbocycles. The summed E-state index contributed by atoms with van der Waals surface area (Å²) in [5.74, 6) is -2.78. The van der Waals surface area contributed by atoms with Gasteiger partial charge in [-0.2, -0.15) is 0 Å². The number of hydrogen-bond acceptors (Lipinski definition) is 10. The molecule has 0 saturated carbocycles. The van der Waals surface area contributed by atoms with Crippen LogP contribution in [-0.4, -0.2) is 67.8 Å². The molecule has 0 saturated heterocycles. The number of ether oxygens (including phenoxy) is 2. The van der Waals surface area contributed by atoms with Crippen molar-refractivity contribution in [3.05, 3.63) is 95.9 Å². The van der Waals surface area contributed by atoms with Gasteiger partial charge in [0, 0.05) is 41.5 Å². The Kier molecular flexibility index (Phi) is 16.6. The van der Waals surface area contributed by atoms with E-state index in [1.54, 1.807) is 0 Å². The molecule has 0 aromatic heterocycles. The molecule has 0 fully saturated rings. The molecule has 13 heteroatoms. The minimum atomic E-state index is -2.04. The molecule has 2 amide bonds. The summed E-state index contributed by atoms with van der Waals surface area (Å²) >= 11 is 0.563. The van der Waals surface area contributed by atoms with Gasteiger partial charge in [-0.15, -0.1) is 4.91 Å². The predicted octanol–water partition coefficient (Wildman–Crippen LogP) is 4.01. The fourth-order valence-corrected chi connectivity index (χ4v) is 10.4. The number of carbonyl (C=O) groups is 5. The number of nitrogens with zero attached hydrogens (tertiary/aromatic N) is 1. The summed E-state index contributed by atoms with van der Waals surface area (Å²) in [6.07, 6.45) is 1.70. The summed E-state index contributed by atoms with van der Waals surface area (Å²) in [7, 11) is 0.352. The van der Waals surface area contributed by atoms with E-state index in [9.17, 15) is 28.9 Å². The van der Waals surface area contributed by atoms with Crippen molar-refractivity contribution in [1.82, 2.24) is 10.6 Å². The maximum Gasteiger partial charge on any atom is 0.328 e. The SMILES string of the molecule is COC(=O)CCC(=O)[C@H](CSN=O)NC(=O)CC[C@H](NC(=O)CCCC[P+](c1ccccc1)(c1ccccc1)c1ccccc1)C(=O)OC. The first-order valence-corrected chi connectivity index (χ1v) is 18.9. The van der Waals surface area contributed by atoms with Gasteiger partial charge in [-0.3, -0.25) is 19.2 Å². The van der Waals surface area contributed by atoms with Crippen LogP contribution in [0.5, 0.6) is 0 Å². The van der Waals surface area contributed by atoms with Crippen LogP contribution in [0, 0.1) is 4.91 Å². The number of nitroso groups, excluding NO2 is 1. The van der Waals surface area contributed by atoms with Crippen molar-refractivity contribution in [3.63, 3.8) is 0 Å². The highest BCUT2D eigenvalue weighted by Crippen LogP contribution is 2.55. The van der Waals surface area contributed by atoms with Crippen LogP contribution in [-0.2, 0) is 33.4 Å². The van der Waals surface area contributed by atoms with Gasteiger partial charge < -0.3 is 20.1 Å². The van der Waals surface area contributed by atoms with Gasteiger partial charge in [0.1, 0.15) is 29.2 Å². The zero-order chi connectivity index (χ0) is 35.5. The first-order chi connectivity index (χ1) is 23.7. The number of Topliss-reactive ketones (excluding diaryl/α,β-unsaturated/α-hetero) is 1. The van der Waals surface area contributed by atoms with Gasteiger partial charge in [0.15, 0.2) is 5.78 Å². The third-order valence-electron chi connectivity index (χ3n) is 8.04. The third kappa shape index (κ3) is 11.9. The van der Waals surface area contributed by atoms with Gasteiger partial charge in [-0.25, -0.2) is 4.79 Å². The van der Waals surface area contributed by atoms with Crippen LogP contribution in [0.25, 0.3) is 0 Å². The lowest BCUT2D eigenvalue weighted by Gasteiger charge is -2.27. The Hall–Kier alpha value is -4.41. The number of carbonyl (C=O) groups excluding carboxylic acids is 5. The van der Waals surface area contributed by atoms with E-state index in [0.29, 0.717) is 18.4 Å². The zero-order valence-corrected chi connectivity index (χ0v) is 29.5. The Balaban J connectivity index is 1.62. The molecule has 0 aliphatic rings. The fourth-order valence-electron chi connectivity index (χ4n) is 5.54. The second kappa shape index (κ2) is 20.8. The Bertz CT molecular complexity index is 1430. The van der Waals surface area contributed by atoms with E-state index in [4.69, 9.17) is 4.74 Å². The highest BCUT2D eigenvalue weighted by molar-refractivity contribution is 7.98. The molecular weight excluding hydrogens is 665 g/mol. The van der Waals surface area contributed by atoms with Gasteiger partial charge >= 0.3 is 11.9 Å². The minimum Gasteiger partial charge on any atom is -0.469 e. The Labute approximate surface area is 291 Å². The van der Waals surface area contributed by atoms with Crippen LogP contribution in [0.1, 0.15) is 44.9 Å². The van der Waals surface area contributed by atoms with Crippen molar-refractivity contribution in [2.45, 2.75) is 57.0 Å². The Morgan fingerprint density at radius 2 is 1.18 bits per heavy atom. The van der Waals surface area contributed by atoms with E-state index >= 15 is 0 Å². The molecule has 0 bridgehead atoms. The highest BCUT2D eigenvalue weighted by atomic mass is 32.2. The number of methoxy groups -OCH3 is 2. The fraction of sp³-hybridized carbons (Fsp3) is 0.361. The lowest BCUT2D eigenvalue weighted by atomic mass is 10.1. The molecule has 2 N–H and O–H groups in total. The molecule has 49 heavy (non-hydrogen) atoms. The van der Waals surface area contributed by atoms with Crippen molar-refractivity contribution in [1.29, 1.82) is 0 Å². The van der Waals surface area contributed by atoms with Crippen molar-refractivity contribution >= 4 is 64.7 Å². The maximum absolute atomic E-state index is 13.1. The van der Waals surface area contributed by atoms with E-state index in [-0.39, 0.29) is 43.8 Å². The van der Waals surface area contributed by atoms with Gasteiger partial charge in [0.25, 0.3) is 0 Å². The molecule has 0 aliphatic carbocycles. The zero-order valence-electron chi connectivity index (χ0n) is 27.7. The molecule has 0 heterocycles. The standard InChI is InChI=1S/C36H42N3O8PS/c1-46-35(43)24-22-32(40)31(26-49-39-45)38-34(42)23-21-30(36(44)47-2)37-33(41)20-12-13-25-48(27-14-6-3-7-15-27,28-16-8-4-9-17-28)29-18-10-5-11-19-29/h3-11,14-19,30-31H,12-13,20-26H2,1-2H3,(H-,37,38,41,42)/p+1/t30-,31-/m0/s1. The summed E-state index contributed by atoms with van der Waals surface area (Å²) in [6, 6.07) is 29.3. The smallest absolute Gasteiger partial charge is 0.328 e. The molecule has 11 nitrogen and oxygen atoms in total. The van der Waals surface area contributed by atoms with E-state index in [2.05, 4.69) is 92.7 Å². The number of esters is 2. The summed E-state index contributed by atoms with van der Waals surface area (Å²) in [5.41, 5.74) is 0. The van der Waals surface area contributed by atoms with Crippen molar-refractivity contribution < 1.29 is 33.4 Å². The molecule has 260 valence electrons. The number of amides is 2. The second-order valence-corrected chi connectivity index (χ2v) is 15.6. The number of unbranched alkanes of at least 4 members (excludes halogenated alkanes) is 1. The quantitative estimate of drug-likeness (QED) is 0.0549. The molecular formula is C36H43N3O8PS+. The monoisotopic (exact) mass is 708 g/mol. The van der Waals surface area contributed by atoms with Gasteiger partial charge in [-0.1, -0.05) is 54.6 Å². The maximum atomic E-state index is 13.1. The lowest BCUT2D eigenvalue weighted by molar-refractivity contribution is -0.145. The van der Waals surface area contributed by atoms with Crippen LogP contribution < -0.4 is 26.5 Å². The normalized spacial score (nSPS) is 12.2. The Morgan fingerprint density at radius 1 is 0.673 bits per heavy atom. The van der Waals surface area contributed by atoms with Crippen molar-refractivity contribution in [3.8, 4) is 0 Å². The molecule has 3 rings (SSSR count). The Morgan fingerprint density at radius 3 is 1.67 bits per heavy atom. The molecule has 0 spiro atoms. The summed E-state index contributed by atoms with van der Waals surface area (Å²) in [6.45, 7) is 0. The van der Waals surface area contributed by atoms with Gasteiger partial charge in [-0.05, 0) is 55.7 Å². The summed E-state index contributed by atoms with van der Waals surface area (Å²) in [5, 5.41) is 9.01. The largest absolute Gasteiger partial charge is 0.469 e. The highest BCUT2D eigenvalue weighted by Gasteiger charge is 2.44. The minimum absolute atomic E-state index is 0.0724. The van der Waals surface area contributed by atoms with Crippen LogP contribution in [0.15, 0.2) is 95.6 Å². The number of nitrogens with one attached hydrogen (secondary N) is 2. The average Bonchev–Trinajstić information content (AvgIpc) is 3.14. The third-order valence-corrected chi connectivity index (χ3v) is 13.2. The molecule has 0 aliphatic heterocycles. The van der Waals surface area contributed by atoms with Crippen LogP contribution in [0.3, 0.4) is 0 Å². The second-order valence-electron chi connectivity index (χ2n) is 11.2. The number of rotatable bonds is 21. The van der Waals surface area contributed by atoms with Gasteiger partial charge in [0.2, 0.25) is 11.8 Å².